The number of carbonyl (C=O) groups is 1. The third kappa shape index (κ3) is 9.11. The molecule has 1 amide bonds. The van der Waals surface area contributed by atoms with Gasteiger partial charge in [0.05, 0.1) is 39.2 Å². The van der Waals surface area contributed by atoms with Gasteiger partial charge >= 0.3 is 11.8 Å². The van der Waals surface area contributed by atoms with Gasteiger partial charge in [-0.1, -0.05) is 103 Å². The van der Waals surface area contributed by atoms with Crippen LogP contribution in [0.5, 0.6) is 11.5 Å². The molecule has 0 bridgehead atoms. The van der Waals surface area contributed by atoms with Gasteiger partial charge in [-0.3, -0.25) is 18.5 Å². The number of hydrogen-bond donors (Lipinski definition) is 2. The fraction of sp³-hybridized carbons (Fsp3) is 0.286. The van der Waals surface area contributed by atoms with Crippen LogP contribution in [0.1, 0.15) is 58.4 Å². The van der Waals surface area contributed by atoms with Crippen molar-refractivity contribution in [1.82, 2.24) is 14.9 Å². The molecule has 1 aliphatic heterocycles. The van der Waals surface area contributed by atoms with Crippen molar-refractivity contribution in [2.24, 2.45) is 0 Å². The third-order valence-electron chi connectivity index (χ3n) is 11.8. The minimum atomic E-state index is -3.91. The Labute approximate surface area is 370 Å². The summed E-state index contributed by atoms with van der Waals surface area (Å²) in [6.45, 7) is 1.29. The van der Waals surface area contributed by atoms with E-state index in [1.807, 2.05) is 115 Å². The van der Waals surface area contributed by atoms with Gasteiger partial charge in [0.2, 0.25) is 0 Å². The van der Waals surface area contributed by atoms with Gasteiger partial charge in [-0.05, 0) is 70.1 Å². The molecule has 0 radical (unpaired) electrons. The highest BCUT2D eigenvalue weighted by Gasteiger charge is 2.48. The molecule has 8 rings (SSSR count). The molecular weight excluding hydrogens is 839 g/mol. The van der Waals surface area contributed by atoms with E-state index in [2.05, 4.69) is 22.4 Å². The number of fused-ring (bicyclic) bond motifs is 3. The van der Waals surface area contributed by atoms with Gasteiger partial charge in [0.15, 0.2) is 0 Å². The quantitative estimate of drug-likeness (QED) is 0.0773. The molecule has 1 fully saturated rings. The smallest absolute Gasteiger partial charge is 0.407 e. The lowest BCUT2D eigenvalue weighted by Crippen LogP contribution is -2.50. The highest BCUT2D eigenvalue weighted by Crippen LogP contribution is 2.46. The first-order valence-electron chi connectivity index (χ1n) is 20.8. The highest BCUT2D eigenvalue weighted by atomic mass is 32.2. The zero-order valence-electron chi connectivity index (χ0n) is 35.8. The predicted molar refractivity (Wildman–Crippen MR) is 239 cm³/mol. The Morgan fingerprint density at radius 2 is 1.36 bits per heavy atom. The summed E-state index contributed by atoms with van der Waals surface area (Å²) in [6, 6.07) is 39.4. The average Bonchev–Trinajstić information content (AvgIpc) is 3.86. The number of benzene rings is 5. The Hall–Kier alpha value is -6.52. The number of hydrogen-bond acceptors (Lipinski definition) is 11. The molecule has 2 N–H and O–H groups in total. The zero-order chi connectivity index (χ0) is 45.0. The molecular formula is C49H49N3O11S. The molecule has 2 aliphatic rings. The first-order valence-corrected chi connectivity index (χ1v) is 22.7. The second-order valence-corrected chi connectivity index (χ2v) is 17.5. The molecule has 1 unspecified atom stereocenters. The molecule has 1 saturated heterocycles. The number of carbonyl (C=O) groups excluding carboxylic acids is 1. The first-order chi connectivity index (χ1) is 30.9. The SMILES string of the molecule is COc1ccc(C(O[C@H](CCOS(C)(=O)=O)[C@H]2O[C@@H](n3cc(C)c(=O)[nH]c3=O)CC2NC(=O)OCC2c3ccccc3-c3ccccc32)(c2ccccc2)c2ccc(OC)cc2)cc1. The van der Waals surface area contributed by atoms with Crippen LogP contribution in [-0.4, -0.2) is 76.0 Å². The van der Waals surface area contributed by atoms with Gasteiger partial charge in [0.1, 0.15) is 36.0 Å². The van der Waals surface area contributed by atoms with Crippen LogP contribution < -0.4 is 26.0 Å². The van der Waals surface area contributed by atoms with Crippen LogP contribution >= 0.6 is 0 Å². The van der Waals surface area contributed by atoms with E-state index in [0.717, 1.165) is 28.5 Å². The number of aryl methyl sites for hydroxylation is 1. The molecule has 15 heteroatoms. The van der Waals surface area contributed by atoms with E-state index >= 15 is 0 Å². The fourth-order valence-corrected chi connectivity index (χ4v) is 9.20. The van der Waals surface area contributed by atoms with Crippen LogP contribution in [-0.2, 0) is 34.1 Å². The number of rotatable bonds is 16. The number of aromatic amines is 1. The molecule has 6 aromatic rings. The van der Waals surface area contributed by atoms with Crippen molar-refractivity contribution in [1.29, 1.82) is 0 Å². The fourth-order valence-electron chi connectivity index (χ4n) is 8.80. The van der Waals surface area contributed by atoms with E-state index in [1.54, 1.807) is 21.1 Å². The number of H-pyrrole nitrogens is 1. The van der Waals surface area contributed by atoms with E-state index < -0.39 is 57.5 Å². The Morgan fingerprint density at radius 1 is 0.812 bits per heavy atom. The van der Waals surface area contributed by atoms with E-state index in [4.69, 9.17) is 27.9 Å². The summed E-state index contributed by atoms with van der Waals surface area (Å²) in [5.41, 5.74) is 3.90. The van der Waals surface area contributed by atoms with Gasteiger partial charge in [-0.15, -0.1) is 0 Å². The van der Waals surface area contributed by atoms with Gasteiger partial charge in [-0.25, -0.2) is 9.59 Å². The summed E-state index contributed by atoms with van der Waals surface area (Å²) in [6.07, 6.45) is -1.53. The van der Waals surface area contributed by atoms with Crippen LogP contribution in [0.25, 0.3) is 11.1 Å². The number of methoxy groups -OCH3 is 2. The van der Waals surface area contributed by atoms with E-state index in [0.29, 0.717) is 28.2 Å². The Balaban J connectivity index is 1.21. The van der Waals surface area contributed by atoms with Crippen molar-refractivity contribution in [3.05, 3.63) is 188 Å². The maximum Gasteiger partial charge on any atom is 0.407 e. The summed E-state index contributed by atoms with van der Waals surface area (Å²) in [7, 11) is -0.764. The molecule has 64 heavy (non-hydrogen) atoms. The molecule has 5 aromatic carbocycles. The Morgan fingerprint density at radius 3 is 1.92 bits per heavy atom. The Bertz CT molecular complexity index is 2740. The number of nitrogens with zero attached hydrogens (tertiary/aromatic N) is 1. The van der Waals surface area contributed by atoms with Crippen molar-refractivity contribution >= 4 is 16.2 Å². The Kier molecular flexibility index (Phi) is 12.9. The van der Waals surface area contributed by atoms with E-state index in [9.17, 15) is 22.8 Å². The number of alkyl carbamates (subject to hydrolysis) is 1. The van der Waals surface area contributed by atoms with Crippen molar-refractivity contribution in [3.63, 3.8) is 0 Å². The summed E-state index contributed by atoms with van der Waals surface area (Å²) in [4.78, 5) is 42.3. The molecule has 1 aromatic heterocycles. The summed E-state index contributed by atoms with van der Waals surface area (Å²) >= 11 is 0. The normalized spacial score (nSPS) is 17.6. The molecule has 14 nitrogen and oxygen atoms in total. The molecule has 0 spiro atoms. The average molecular weight is 888 g/mol. The van der Waals surface area contributed by atoms with Crippen LogP contribution in [0.3, 0.4) is 0 Å². The van der Waals surface area contributed by atoms with Gasteiger partial charge in [0, 0.05) is 30.5 Å². The standard InChI is InChI=1S/C49H49N3O11S/c1-31-29-52(47(54)51-46(31)53)44-28-42(50-48(55)60-30-41-39-16-10-8-14-37(39)38-15-9-11-17-40(38)41)45(62-44)43(26-27-61-64(4,56)57)63-49(32-12-6-5-7-13-32,33-18-22-35(58-2)23-19-33)34-20-24-36(59-3)25-21-34/h5-25,29,41-45H,26-28,30H2,1-4H3,(H,50,55)(H,51,53,54)/t42?,43-,44-,45+/m1/s1. The van der Waals surface area contributed by atoms with Crippen LogP contribution in [0.4, 0.5) is 4.79 Å². The second-order valence-electron chi connectivity index (χ2n) is 15.8. The number of amides is 1. The van der Waals surface area contributed by atoms with Crippen molar-refractivity contribution in [2.45, 2.75) is 55.8 Å². The lowest BCUT2D eigenvalue weighted by molar-refractivity contribution is -0.137. The maximum absolute atomic E-state index is 14.1. The van der Waals surface area contributed by atoms with Crippen LogP contribution in [0.15, 0.2) is 143 Å². The molecule has 0 saturated carbocycles. The minimum absolute atomic E-state index is 0.0360. The maximum atomic E-state index is 14.1. The van der Waals surface area contributed by atoms with Crippen LogP contribution in [0, 0.1) is 6.92 Å². The van der Waals surface area contributed by atoms with Crippen molar-refractivity contribution < 1.29 is 41.1 Å². The van der Waals surface area contributed by atoms with Gasteiger partial charge < -0.3 is 29.0 Å². The predicted octanol–water partition coefficient (Wildman–Crippen LogP) is 6.80. The van der Waals surface area contributed by atoms with Crippen LogP contribution in [0.2, 0.25) is 0 Å². The number of ether oxygens (including phenoxy) is 5. The van der Waals surface area contributed by atoms with Crippen molar-refractivity contribution in [3.8, 4) is 22.6 Å². The van der Waals surface area contributed by atoms with Gasteiger partial charge in [0.25, 0.3) is 15.7 Å². The largest absolute Gasteiger partial charge is 0.497 e. The zero-order valence-corrected chi connectivity index (χ0v) is 36.6. The molecule has 4 atom stereocenters. The molecule has 332 valence electrons. The summed E-state index contributed by atoms with van der Waals surface area (Å²) < 4.78 is 62.8. The lowest BCUT2D eigenvalue weighted by atomic mass is 9.79. The topological polar surface area (TPSA) is 173 Å². The number of aromatic nitrogens is 2. The molecule has 1 aliphatic carbocycles. The van der Waals surface area contributed by atoms with E-state index in [1.165, 1.54) is 10.8 Å². The lowest BCUT2D eigenvalue weighted by Gasteiger charge is -2.41. The monoisotopic (exact) mass is 887 g/mol. The van der Waals surface area contributed by atoms with Gasteiger partial charge in [-0.2, -0.15) is 8.42 Å². The number of nitrogens with one attached hydrogen (secondary N) is 2. The third-order valence-corrected chi connectivity index (χ3v) is 12.4. The van der Waals surface area contributed by atoms with Crippen molar-refractivity contribution in [2.75, 3.05) is 33.7 Å². The summed E-state index contributed by atoms with van der Waals surface area (Å²) in [5.74, 6) is 0.998. The molecule has 2 heterocycles. The first kappa shape index (κ1) is 44.1. The second kappa shape index (κ2) is 18.7. The highest BCUT2D eigenvalue weighted by molar-refractivity contribution is 7.85. The van der Waals surface area contributed by atoms with E-state index in [-0.39, 0.29) is 37.5 Å². The minimum Gasteiger partial charge on any atom is -0.497 e. The summed E-state index contributed by atoms with van der Waals surface area (Å²) in [5, 5.41) is 3.02.